The topological polar surface area (TPSA) is 9.23 Å². The maximum absolute atomic E-state index is 5.63. The Hall–Kier alpha value is -2.02. The molecule has 1 aromatic rings. The van der Waals surface area contributed by atoms with Gasteiger partial charge in [-0.2, -0.15) is 0 Å². The van der Waals surface area contributed by atoms with Crippen molar-refractivity contribution in [1.82, 2.24) is 0 Å². The first kappa shape index (κ1) is 38.3. The molecule has 1 nitrogen and oxygen atoms in total. The second-order valence-corrected chi connectivity index (χ2v) is 8.20. The predicted octanol–water partition coefficient (Wildman–Crippen LogP) is 11.1. The number of aryl methyl sites for hydroxylation is 2. The third-order valence-electron chi connectivity index (χ3n) is 4.77. The van der Waals surface area contributed by atoms with E-state index in [1.54, 1.807) is 0 Å². The van der Waals surface area contributed by atoms with Crippen molar-refractivity contribution in [3.05, 3.63) is 83.2 Å². The molecule has 0 radical (unpaired) electrons. The summed E-state index contributed by atoms with van der Waals surface area (Å²) in [6.45, 7) is 37.0. The van der Waals surface area contributed by atoms with Gasteiger partial charge >= 0.3 is 0 Å². The van der Waals surface area contributed by atoms with Gasteiger partial charge in [-0.05, 0) is 96.9 Å². The van der Waals surface area contributed by atoms with Crippen LogP contribution < -0.4 is 0 Å². The van der Waals surface area contributed by atoms with E-state index in [1.165, 1.54) is 46.3 Å². The lowest BCUT2D eigenvalue weighted by atomic mass is 10.0. The van der Waals surface area contributed by atoms with E-state index < -0.39 is 0 Å². The Bertz CT molecular complexity index is 615. The molecule has 0 fully saturated rings. The van der Waals surface area contributed by atoms with Gasteiger partial charge in [-0.15, -0.1) is 19.7 Å². The fraction of sp³-hybridized carbons (Fsp3) is 0.562. The Kier molecular flexibility index (Phi) is 30.4. The molecule has 0 aliphatic heterocycles. The lowest BCUT2D eigenvalue weighted by Crippen LogP contribution is -2.02. The van der Waals surface area contributed by atoms with Gasteiger partial charge in [0.05, 0.1) is 11.9 Å². The molecule has 1 heteroatoms. The highest BCUT2D eigenvalue weighted by atomic mass is 16.5. The highest BCUT2D eigenvalue weighted by Crippen LogP contribution is 2.18. The van der Waals surface area contributed by atoms with Gasteiger partial charge in [0, 0.05) is 0 Å². The van der Waals surface area contributed by atoms with Gasteiger partial charge in [0.2, 0.25) is 0 Å². The van der Waals surface area contributed by atoms with Gasteiger partial charge in [-0.3, -0.25) is 0 Å². The van der Waals surface area contributed by atoms with Gasteiger partial charge in [0.1, 0.15) is 0 Å². The molecule has 0 saturated heterocycles. The van der Waals surface area contributed by atoms with E-state index in [-0.39, 0.29) is 6.10 Å². The molecule has 0 unspecified atom stereocenters. The molecule has 0 atom stereocenters. The summed E-state index contributed by atoms with van der Waals surface area (Å²) in [4.78, 5) is 0. The van der Waals surface area contributed by atoms with Gasteiger partial charge in [-0.25, -0.2) is 0 Å². The van der Waals surface area contributed by atoms with Crippen LogP contribution in [0.15, 0.2) is 72.1 Å². The number of hydrogen-bond donors (Lipinski definition) is 0. The predicted molar refractivity (Wildman–Crippen MR) is 156 cm³/mol. The highest BCUT2D eigenvalue weighted by Gasteiger charge is 2.03. The number of benzene rings is 1. The molecule has 0 aromatic heterocycles. The summed E-state index contributed by atoms with van der Waals surface area (Å²) < 4.78 is 5.63. The van der Waals surface area contributed by atoms with Crippen molar-refractivity contribution >= 4 is 0 Å². The average Bonchev–Trinajstić information content (AvgIpc) is 2.81. The molecule has 0 aliphatic carbocycles. The second-order valence-electron chi connectivity index (χ2n) is 8.20. The molecule has 0 bridgehead atoms. The zero-order valence-electron chi connectivity index (χ0n) is 24.7. The lowest BCUT2D eigenvalue weighted by Gasteiger charge is -2.14. The number of rotatable bonds is 7. The molecule has 0 saturated carbocycles. The van der Waals surface area contributed by atoms with E-state index in [9.17, 15) is 0 Å². The van der Waals surface area contributed by atoms with E-state index >= 15 is 0 Å². The molecule has 0 heterocycles. The quantitative estimate of drug-likeness (QED) is 0.224. The SMILES string of the molecule is C=C.C=C(C)CCC.CC.CC(C)=C(C)/C(C)=C(\C)OC(C)C.CCc1ccc(CC)cc1. The zero-order chi connectivity index (χ0) is 27.0. The van der Waals surface area contributed by atoms with Crippen molar-refractivity contribution in [1.29, 1.82) is 0 Å². The highest BCUT2D eigenvalue weighted by molar-refractivity contribution is 5.32. The van der Waals surface area contributed by atoms with E-state index in [0.29, 0.717) is 0 Å². The van der Waals surface area contributed by atoms with E-state index in [2.05, 4.69) is 113 Å². The number of hydrogen-bond acceptors (Lipinski definition) is 1. The minimum absolute atomic E-state index is 0.264. The van der Waals surface area contributed by atoms with Crippen LogP contribution >= 0.6 is 0 Å². The summed E-state index contributed by atoms with van der Waals surface area (Å²) in [5.41, 5.74) is 8.09. The first-order valence-electron chi connectivity index (χ1n) is 12.7. The normalized spacial score (nSPS) is 9.76. The molecule has 0 aliphatic rings. The monoisotopic (exact) mass is 458 g/mol. The zero-order valence-corrected chi connectivity index (χ0v) is 24.7. The van der Waals surface area contributed by atoms with Crippen molar-refractivity contribution in [2.24, 2.45) is 0 Å². The van der Waals surface area contributed by atoms with E-state index in [0.717, 1.165) is 18.6 Å². The Morgan fingerprint density at radius 2 is 1.12 bits per heavy atom. The fourth-order valence-electron chi connectivity index (χ4n) is 2.52. The molecule has 0 amide bonds. The van der Waals surface area contributed by atoms with Crippen molar-refractivity contribution in [2.45, 2.75) is 122 Å². The van der Waals surface area contributed by atoms with Crippen LogP contribution in [0, 0.1) is 0 Å². The Morgan fingerprint density at radius 3 is 1.30 bits per heavy atom. The maximum Gasteiger partial charge on any atom is 0.0964 e. The van der Waals surface area contributed by atoms with Crippen molar-refractivity contribution in [3.8, 4) is 0 Å². The fourth-order valence-corrected chi connectivity index (χ4v) is 2.52. The molecular formula is C32H58O. The molecule has 33 heavy (non-hydrogen) atoms. The summed E-state index contributed by atoms with van der Waals surface area (Å²) in [5.74, 6) is 1.04. The third-order valence-corrected chi connectivity index (χ3v) is 4.77. The third kappa shape index (κ3) is 24.5. The molecule has 1 rings (SSSR count). The molecule has 0 N–H and O–H groups in total. The maximum atomic E-state index is 5.63. The summed E-state index contributed by atoms with van der Waals surface area (Å²) in [5, 5.41) is 0. The summed E-state index contributed by atoms with van der Waals surface area (Å²) in [6, 6.07) is 8.83. The van der Waals surface area contributed by atoms with Crippen LogP contribution in [0.1, 0.15) is 114 Å². The van der Waals surface area contributed by atoms with Crippen molar-refractivity contribution in [3.63, 3.8) is 0 Å². The van der Waals surface area contributed by atoms with Crippen LogP contribution in [0.4, 0.5) is 0 Å². The second kappa shape index (κ2) is 26.2. The molecule has 1 aromatic carbocycles. The van der Waals surface area contributed by atoms with E-state index in [4.69, 9.17) is 4.74 Å². The lowest BCUT2D eigenvalue weighted by molar-refractivity contribution is 0.147. The van der Waals surface area contributed by atoms with Crippen LogP contribution in [0.5, 0.6) is 0 Å². The van der Waals surface area contributed by atoms with Crippen LogP contribution in [0.2, 0.25) is 0 Å². The van der Waals surface area contributed by atoms with Crippen LogP contribution in [0.3, 0.4) is 0 Å². The van der Waals surface area contributed by atoms with E-state index in [1.807, 2.05) is 20.8 Å². The number of allylic oxidation sites excluding steroid dienone is 5. The summed E-state index contributed by atoms with van der Waals surface area (Å²) in [7, 11) is 0. The minimum Gasteiger partial charge on any atom is -0.495 e. The van der Waals surface area contributed by atoms with Gasteiger partial charge in [-0.1, -0.05) is 76.5 Å². The Morgan fingerprint density at radius 1 is 0.758 bits per heavy atom. The first-order valence-corrected chi connectivity index (χ1v) is 12.7. The smallest absolute Gasteiger partial charge is 0.0964 e. The molecule has 0 spiro atoms. The van der Waals surface area contributed by atoms with Crippen LogP contribution in [0.25, 0.3) is 0 Å². The summed E-state index contributed by atoms with van der Waals surface area (Å²) >= 11 is 0. The Balaban J connectivity index is -0.000000186. The van der Waals surface area contributed by atoms with Crippen molar-refractivity contribution in [2.75, 3.05) is 0 Å². The van der Waals surface area contributed by atoms with Crippen LogP contribution in [-0.2, 0) is 17.6 Å². The number of ether oxygens (including phenoxy) is 1. The minimum atomic E-state index is 0.264. The first-order chi connectivity index (χ1) is 15.5. The summed E-state index contributed by atoms with van der Waals surface area (Å²) in [6.07, 6.45) is 4.96. The van der Waals surface area contributed by atoms with Gasteiger partial charge in [0.15, 0.2) is 0 Å². The van der Waals surface area contributed by atoms with Crippen LogP contribution in [-0.4, -0.2) is 6.10 Å². The average molecular weight is 459 g/mol. The van der Waals surface area contributed by atoms with Gasteiger partial charge < -0.3 is 4.74 Å². The molecule has 192 valence electrons. The van der Waals surface area contributed by atoms with Crippen molar-refractivity contribution < 1.29 is 4.74 Å². The standard InChI is InChI=1S/C12H22O.C10H14.C6H12.C2H6.C2H4/c1-8(2)10(5)11(6)12(7)13-9(3)4;1-3-9-5-7-10(4-2)8-6-9;1-4-5-6(2)3;2*1-2/h9H,1-7H3;5-8H,3-4H2,1-2H3;2,4-5H2,1,3H3;1-2H3;1-2H2/b12-11+;;;;. The largest absolute Gasteiger partial charge is 0.495 e. The Labute approximate surface area is 209 Å². The molecular weight excluding hydrogens is 400 g/mol. The van der Waals surface area contributed by atoms with Gasteiger partial charge in [0.25, 0.3) is 0 Å².